The molecule has 2 atom stereocenters. The molecule has 1 N–H and O–H groups in total. The Morgan fingerprint density at radius 2 is 1.64 bits per heavy atom. The number of carbonyl (C=O) groups excluding carboxylic acids is 2. The number of carbonyl (C=O) groups is 2. The lowest BCUT2D eigenvalue weighted by Gasteiger charge is -2.41. The van der Waals surface area contributed by atoms with Gasteiger partial charge < -0.3 is 24.4 Å². The molecule has 0 spiro atoms. The first kappa shape index (κ1) is 25.3. The molecule has 1 aliphatic heterocycles. The number of nitrogens with zero attached hydrogens (tertiary/aromatic N) is 1. The minimum atomic E-state index is -0.552. The van der Waals surface area contributed by atoms with Crippen LogP contribution in [0.2, 0.25) is 0 Å². The van der Waals surface area contributed by atoms with E-state index in [1.165, 1.54) is 0 Å². The Morgan fingerprint density at radius 3 is 2.36 bits per heavy atom. The number of benzene rings is 3. The van der Waals surface area contributed by atoms with Crippen molar-refractivity contribution in [2.24, 2.45) is 0 Å². The Kier molecular flexibility index (Phi) is 8.23. The normalized spacial score (nSPS) is 16.9. The highest BCUT2D eigenvalue weighted by Gasteiger charge is 2.43. The number of hydrogen-bond donors (Lipinski definition) is 1. The molecule has 0 aromatic heterocycles. The molecule has 36 heavy (non-hydrogen) atoms. The number of fused-ring (bicyclic) bond motifs is 1. The van der Waals surface area contributed by atoms with Crippen molar-refractivity contribution in [3.63, 3.8) is 0 Å². The van der Waals surface area contributed by atoms with Crippen molar-refractivity contribution in [1.29, 1.82) is 0 Å². The Hall–Kier alpha value is -3.84. The van der Waals surface area contributed by atoms with Gasteiger partial charge in [0.2, 0.25) is 5.91 Å². The molecular weight excluding hydrogens is 456 g/mol. The quantitative estimate of drug-likeness (QED) is 0.467. The molecular formula is C29H32N2O5. The van der Waals surface area contributed by atoms with Crippen LogP contribution in [0, 0.1) is 0 Å². The predicted molar refractivity (Wildman–Crippen MR) is 138 cm³/mol. The lowest BCUT2D eigenvalue weighted by molar-refractivity contribution is -0.124. The third-order valence-corrected chi connectivity index (χ3v) is 6.56. The van der Waals surface area contributed by atoms with Gasteiger partial charge in [0.15, 0.2) is 11.5 Å². The highest BCUT2D eigenvalue weighted by molar-refractivity contribution is 6.01. The van der Waals surface area contributed by atoms with Crippen molar-refractivity contribution in [3.05, 3.63) is 95.1 Å². The minimum Gasteiger partial charge on any atom is -0.493 e. The Balaban J connectivity index is 1.62. The number of rotatable bonds is 10. The highest BCUT2D eigenvalue weighted by atomic mass is 16.5. The van der Waals surface area contributed by atoms with Gasteiger partial charge >= 0.3 is 0 Å². The van der Waals surface area contributed by atoms with Crippen molar-refractivity contribution >= 4 is 11.8 Å². The van der Waals surface area contributed by atoms with E-state index in [0.717, 1.165) is 16.7 Å². The Morgan fingerprint density at radius 1 is 0.917 bits per heavy atom. The molecule has 0 aliphatic carbocycles. The topological polar surface area (TPSA) is 77.1 Å². The number of ether oxygens (including phenoxy) is 3. The van der Waals surface area contributed by atoms with Crippen molar-refractivity contribution in [2.45, 2.75) is 18.4 Å². The predicted octanol–water partition coefficient (Wildman–Crippen LogP) is 3.99. The van der Waals surface area contributed by atoms with E-state index in [2.05, 4.69) is 5.32 Å². The number of nitrogens with one attached hydrogen (secondary N) is 1. The van der Waals surface area contributed by atoms with Crippen LogP contribution in [0.1, 0.15) is 39.0 Å². The number of methoxy groups -OCH3 is 3. The molecule has 188 valence electrons. The first-order chi connectivity index (χ1) is 17.6. The zero-order valence-corrected chi connectivity index (χ0v) is 20.9. The molecule has 7 heteroatoms. The SMILES string of the molecule is COCCN1C(=O)c2ccccc2C(C(=O)NCCc2ccc(OC)c(OC)c2)C1c1ccccc1. The third kappa shape index (κ3) is 5.21. The van der Waals surface area contributed by atoms with Crippen LogP contribution >= 0.6 is 0 Å². The summed E-state index contributed by atoms with van der Waals surface area (Å²) in [6.07, 6.45) is 0.628. The summed E-state index contributed by atoms with van der Waals surface area (Å²) < 4.78 is 16.0. The zero-order chi connectivity index (χ0) is 25.5. The number of amides is 2. The smallest absolute Gasteiger partial charge is 0.254 e. The lowest BCUT2D eigenvalue weighted by Crippen LogP contribution is -2.48. The second kappa shape index (κ2) is 11.7. The van der Waals surface area contributed by atoms with Gasteiger partial charge in [-0.25, -0.2) is 0 Å². The molecule has 0 saturated heterocycles. The molecule has 0 radical (unpaired) electrons. The van der Waals surface area contributed by atoms with E-state index in [1.54, 1.807) is 32.3 Å². The van der Waals surface area contributed by atoms with E-state index in [1.807, 2.05) is 66.7 Å². The molecule has 3 aromatic carbocycles. The minimum absolute atomic E-state index is 0.0918. The summed E-state index contributed by atoms with van der Waals surface area (Å²) >= 11 is 0. The fraction of sp³-hybridized carbons (Fsp3) is 0.310. The maximum absolute atomic E-state index is 13.8. The molecule has 0 saturated carbocycles. The zero-order valence-electron chi connectivity index (χ0n) is 20.9. The Bertz CT molecular complexity index is 1200. The largest absolute Gasteiger partial charge is 0.493 e. The van der Waals surface area contributed by atoms with Crippen LogP contribution in [0.4, 0.5) is 0 Å². The van der Waals surface area contributed by atoms with E-state index in [-0.39, 0.29) is 11.8 Å². The van der Waals surface area contributed by atoms with Gasteiger partial charge in [0.25, 0.3) is 5.91 Å². The van der Waals surface area contributed by atoms with Gasteiger partial charge in [0, 0.05) is 25.8 Å². The summed E-state index contributed by atoms with van der Waals surface area (Å²) in [5.74, 6) is 0.552. The van der Waals surface area contributed by atoms with Crippen molar-refractivity contribution < 1.29 is 23.8 Å². The third-order valence-electron chi connectivity index (χ3n) is 6.56. The van der Waals surface area contributed by atoms with Crippen LogP contribution in [0.25, 0.3) is 0 Å². The van der Waals surface area contributed by atoms with Gasteiger partial charge in [-0.1, -0.05) is 54.6 Å². The second-order valence-corrected chi connectivity index (χ2v) is 8.64. The fourth-order valence-electron chi connectivity index (χ4n) is 4.81. The Labute approximate surface area is 212 Å². The first-order valence-electron chi connectivity index (χ1n) is 12.0. The van der Waals surface area contributed by atoms with Crippen LogP contribution in [0.15, 0.2) is 72.8 Å². The van der Waals surface area contributed by atoms with E-state index < -0.39 is 12.0 Å². The van der Waals surface area contributed by atoms with E-state index in [0.29, 0.717) is 43.2 Å². The maximum Gasteiger partial charge on any atom is 0.254 e. The number of hydrogen-bond acceptors (Lipinski definition) is 5. The molecule has 1 aliphatic rings. The van der Waals surface area contributed by atoms with Gasteiger partial charge in [-0.3, -0.25) is 9.59 Å². The summed E-state index contributed by atoms with van der Waals surface area (Å²) in [6.45, 7) is 1.21. The van der Waals surface area contributed by atoms with E-state index in [4.69, 9.17) is 14.2 Å². The average Bonchev–Trinajstić information content (AvgIpc) is 2.92. The molecule has 3 aromatic rings. The highest BCUT2D eigenvalue weighted by Crippen LogP contribution is 2.42. The summed E-state index contributed by atoms with van der Waals surface area (Å²) in [4.78, 5) is 29.0. The molecule has 1 heterocycles. The van der Waals surface area contributed by atoms with Crippen LogP contribution < -0.4 is 14.8 Å². The molecule has 7 nitrogen and oxygen atoms in total. The second-order valence-electron chi connectivity index (χ2n) is 8.64. The monoisotopic (exact) mass is 488 g/mol. The summed E-state index contributed by atoms with van der Waals surface area (Å²) in [7, 11) is 4.81. The van der Waals surface area contributed by atoms with Crippen LogP contribution in [-0.4, -0.2) is 57.7 Å². The van der Waals surface area contributed by atoms with Crippen molar-refractivity contribution in [3.8, 4) is 11.5 Å². The van der Waals surface area contributed by atoms with Crippen LogP contribution in [-0.2, 0) is 16.0 Å². The van der Waals surface area contributed by atoms with Gasteiger partial charge in [0.05, 0.1) is 32.8 Å². The van der Waals surface area contributed by atoms with Crippen molar-refractivity contribution in [2.75, 3.05) is 41.0 Å². The molecule has 2 amide bonds. The standard InChI is InChI=1S/C29H32N2O5/c1-34-18-17-31-27(21-9-5-4-6-10-21)26(22-11-7-8-12-23(22)29(31)33)28(32)30-16-15-20-13-14-24(35-2)25(19-20)36-3/h4-14,19,26-27H,15-18H2,1-3H3,(H,30,32). The fourth-order valence-corrected chi connectivity index (χ4v) is 4.81. The summed E-state index contributed by atoms with van der Waals surface area (Å²) in [5, 5.41) is 3.12. The van der Waals surface area contributed by atoms with Gasteiger partial charge in [-0.05, 0) is 41.3 Å². The maximum atomic E-state index is 13.8. The average molecular weight is 489 g/mol. The van der Waals surface area contributed by atoms with Gasteiger partial charge in [0.1, 0.15) is 0 Å². The summed E-state index contributed by atoms with van der Waals surface area (Å²) in [6, 6.07) is 22.4. The van der Waals surface area contributed by atoms with Gasteiger partial charge in [-0.2, -0.15) is 0 Å². The van der Waals surface area contributed by atoms with E-state index >= 15 is 0 Å². The molecule has 0 fully saturated rings. The molecule has 0 bridgehead atoms. The lowest BCUT2D eigenvalue weighted by atomic mass is 9.79. The first-order valence-corrected chi connectivity index (χ1v) is 12.0. The van der Waals surface area contributed by atoms with Crippen molar-refractivity contribution in [1.82, 2.24) is 10.2 Å². The van der Waals surface area contributed by atoms with Crippen LogP contribution in [0.3, 0.4) is 0 Å². The van der Waals surface area contributed by atoms with Gasteiger partial charge in [-0.15, -0.1) is 0 Å². The summed E-state index contributed by atoms with van der Waals surface area (Å²) in [5.41, 5.74) is 3.24. The van der Waals surface area contributed by atoms with E-state index in [9.17, 15) is 9.59 Å². The van der Waals surface area contributed by atoms with Crippen LogP contribution in [0.5, 0.6) is 11.5 Å². The molecule has 2 unspecified atom stereocenters. The molecule has 4 rings (SSSR count).